The van der Waals surface area contributed by atoms with Crippen LogP contribution in [0.3, 0.4) is 0 Å². The smallest absolute Gasteiger partial charge is 0.230 e. The van der Waals surface area contributed by atoms with Gasteiger partial charge in [0.2, 0.25) is 11.8 Å². The molecule has 146 valence electrons. The van der Waals surface area contributed by atoms with Crippen molar-refractivity contribution in [3.63, 3.8) is 0 Å². The molecule has 1 N–H and O–H groups in total. The van der Waals surface area contributed by atoms with Crippen molar-refractivity contribution in [2.45, 2.75) is 18.7 Å². The van der Waals surface area contributed by atoms with Gasteiger partial charge in [-0.15, -0.1) is 11.8 Å². The van der Waals surface area contributed by atoms with Crippen molar-refractivity contribution in [2.24, 2.45) is 0 Å². The number of hydrogen-bond acceptors (Lipinski definition) is 5. The number of hydrogen-bond donors (Lipinski definition) is 1. The molecule has 28 heavy (non-hydrogen) atoms. The fourth-order valence-corrected chi connectivity index (χ4v) is 3.44. The molecule has 0 aliphatic heterocycles. The molecule has 1 amide bonds. The standard InChI is InChI=1S/C21H21ClN2O3S/c1-14(15-3-7-17(22)8-4-15)23-20(25)13-28-12-18-11-27-21(24-18)16-5-9-19(26-2)10-6-16/h3-11,14H,12-13H2,1-2H3,(H,23,25). The number of thioether (sulfide) groups is 1. The highest BCUT2D eigenvalue weighted by atomic mass is 35.5. The summed E-state index contributed by atoms with van der Waals surface area (Å²) < 4.78 is 10.7. The van der Waals surface area contributed by atoms with Gasteiger partial charge in [-0.3, -0.25) is 4.79 Å². The lowest BCUT2D eigenvalue weighted by molar-refractivity contribution is -0.119. The Morgan fingerprint density at radius 2 is 1.93 bits per heavy atom. The van der Waals surface area contributed by atoms with Gasteiger partial charge >= 0.3 is 0 Å². The van der Waals surface area contributed by atoms with E-state index in [1.54, 1.807) is 13.4 Å². The average molecular weight is 417 g/mol. The van der Waals surface area contributed by atoms with Crippen LogP contribution >= 0.6 is 23.4 Å². The molecule has 1 atom stereocenters. The molecule has 0 aliphatic rings. The van der Waals surface area contributed by atoms with Crippen LogP contribution in [0.25, 0.3) is 11.5 Å². The normalized spacial score (nSPS) is 11.8. The van der Waals surface area contributed by atoms with Gasteiger partial charge in [0, 0.05) is 16.3 Å². The third-order valence-electron chi connectivity index (χ3n) is 4.12. The van der Waals surface area contributed by atoms with Crippen molar-refractivity contribution >= 4 is 29.3 Å². The zero-order chi connectivity index (χ0) is 19.9. The van der Waals surface area contributed by atoms with E-state index >= 15 is 0 Å². The second-order valence-electron chi connectivity index (χ2n) is 6.21. The lowest BCUT2D eigenvalue weighted by Crippen LogP contribution is -2.28. The minimum atomic E-state index is -0.0703. The zero-order valence-electron chi connectivity index (χ0n) is 15.6. The van der Waals surface area contributed by atoms with Gasteiger partial charge in [0.05, 0.1) is 24.6 Å². The highest BCUT2D eigenvalue weighted by Gasteiger charge is 2.11. The van der Waals surface area contributed by atoms with Crippen LogP contribution in [0.15, 0.2) is 59.2 Å². The molecule has 0 fully saturated rings. The average Bonchev–Trinajstić information content (AvgIpc) is 3.17. The largest absolute Gasteiger partial charge is 0.497 e. The van der Waals surface area contributed by atoms with Crippen LogP contribution in [0, 0.1) is 0 Å². The van der Waals surface area contributed by atoms with Crippen LogP contribution in [-0.4, -0.2) is 23.8 Å². The monoisotopic (exact) mass is 416 g/mol. The SMILES string of the molecule is COc1ccc(-c2nc(CSCC(=O)NC(C)c3ccc(Cl)cc3)co2)cc1. The molecule has 0 saturated heterocycles. The Bertz CT molecular complexity index is 910. The number of aromatic nitrogens is 1. The molecule has 5 nitrogen and oxygen atoms in total. The minimum absolute atomic E-state index is 0.0219. The van der Waals surface area contributed by atoms with Crippen LogP contribution in [0.1, 0.15) is 24.2 Å². The Balaban J connectivity index is 1.46. The maximum atomic E-state index is 12.2. The summed E-state index contributed by atoms with van der Waals surface area (Å²) in [5, 5.41) is 3.67. The molecule has 7 heteroatoms. The second kappa shape index (κ2) is 9.66. The van der Waals surface area contributed by atoms with Crippen molar-refractivity contribution < 1.29 is 13.9 Å². The summed E-state index contributed by atoms with van der Waals surface area (Å²) in [6.45, 7) is 1.95. The third kappa shape index (κ3) is 5.53. The summed E-state index contributed by atoms with van der Waals surface area (Å²) >= 11 is 7.39. The van der Waals surface area contributed by atoms with Gasteiger partial charge in [-0.2, -0.15) is 0 Å². The summed E-state index contributed by atoms with van der Waals surface area (Å²) in [5.74, 6) is 2.26. The predicted octanol–water partition coefficient (Wildman–Crippen LogP) is 5.11. The Morgan fingerprint density at radius 3 is 2.61 bits per heavy atom. The van der Waals surface area contributed by atoms with Crippen molar-refractivity contribution in [2.75, 3.05) is 12.9 Å². The predicted molar refractivity (Wildman–Crippen MR) is 113 cm³/mol. The van der Waals surface area contributed by atoms with E-state index in [0.717, 1.165) is 22.6 Å². The summed E-state index contributed by atoms with van der Waals surface area (Å²) in [5.41, 5.74) is 2.70. The highest BCUT2D eigenvalue weighted by Crippen LogP contribution is 2.23. The number of methoxy groups -OCH3 is 1. The van der Waals surface area contributed by atoms with Crippen LogP contribution < -0.4 is 10.1 Å². The fourth-order valence-electron chi connectivity index (χ4n) is 2.61. The van der Waals surface area contributed by atoms with Crippen molar-refractivity contribution in [3.05, 3.63) is 71.1 Å². The van der Waals surface area contributed by atoms with E-state index in [1.165, 1.54) is 11.8 Å². The topological polar surface area (TPSA) is 64.4 Å². The number of amides is 1. The van der Waals surface area contributed by atoms with Crippen molar-refractivity contribution in [3.8, 4) is 17.2 Å². The minimum Gasteiger partial charge on any atom is -0.497 e. The molecule has 3 aromatic rings. The van der Waals surface area contributed by atoms with Gasteiger partial charge in [-0.25, -0.2) is 4.98 Å². The maximum Gasteiger partial charge on any atom is 0.230 e. The highest BCUT2D eigenvalue weighted by molar-refractivity contribution is 7.99. The van der Waals surface area contributed by atoms with Gasteiger partial charge in [0.1, 0.15) is 12.0 Å². The number of benzene rings is 2. The molecule has 1 aromatic heterocycles. The van der Waals surface area contributed by atoms with E-state index in [-0.39, 0.29) is 11.9 Å². The molecule has 3 rings (SSSR count). The van der Waals surface area contributed by atoms with Crippen LogP contribution in [0.4, 0.5) is 0 Å². The van der Waals surface area contributed by atoms with E-state index < -0.39 is 0 Å². The number of carbonyl (C=O) groups is 1. The second-order valence-corrected chi connectivity index (χ2v) is 7.63. The molecule has 0 radical (unpaired) electrons. The number of carbonyl (C=O) groups excluding carboxylic acids is 1. The molecule has 0 aliphatic carbocycles. The Hall–Kier alpha value is -2.44. The Morgan fingerprint density at radius 1 is 1.21 bits per heavy atom. The molecule has 0 bridgehead atoms. The molecule has 1 heterocycles. The maximum absolute atomic E-state index is 12.2. The quantitative estimate of drug-likeness (QED) is 0.552. The van der Waals surface area contributed by atoms with Crippen LogP contribution in [0.2, 0.25) is 5.02 Å². The molecule has 2 aromatic carbocycles. The molecule has 0 saturated carbocycles. The van der Waals surface area contributed by atoms with Gasteiger partial charge < -0.3 is 14.5 Å². The van der Waals surface area contributed by atoms with E-state index in [4.69, 9.17) is 20.8 Å². The van der Waals surface area contributed by atoms with E-state index in [9.17, 15) is 4.79 Å². The first-order valence-electron chi connectivity index (χ1n) is 8.76. The number of nitrogens with zero attached hydrogens (tertiary/aromatic N) is 1. The lowest BCUT2D eigenvalue weighted by Gasteiger charge is -2.14. The Labute approximate surface area is 173 Å². The van der Waals surface area contributed by atoms with Gasteiger partial charge in [0.15, 0.2) is 0 Å². The van der Waals surface area contributed by atoms with Crippen LogP contribution in [0.5, 0.6) is 5.75 Å². The third-order valence-corrected chi connectivity index (χ3v) is 5.34. The van der Waals surface area contributed by atoms with Gasteiger partial charge in [0.25, 0.3) is 0 Å². The number of rotatable bonds is 8. The zero-order valence-corrected chi connectivity index (χ0v) is 17.2. The van der Waals surface area contributed by atoms with Crippen LogP contribution in [-0.2, 0) is 10.5 Å². The van der Waals surface area contributed by atoms with E-state index in [2.05, 4.69) is 10.3 Å². The number of ether oxygens (including phenoxy) is 1. The first-order chi connectivity index (χ1) is 13.5. The Kier molecular flexibility index (Phi) is 7.01. The van der Waals surface area contributed by atoms with Crippen molar-refractivity contribution in [1.82, 2.24) is 10.3 Å². The summed E-state index contributed by atoms with van der Waals surface area (Å²) in [6, 6.07) is 14.9. The van der Waals surface area contributed by atoms with Crippen molar-refractivity contribution in [1.29, 1.82) is 0 Å². The van der Waals surface area contributed by atoms with E-state index in [0.29, 0.717) is 22.4 Å². The summed E-state index contributed by atoms with van der Waals surface area (Å²) in [6.07, 6.45) is 1.63. The summed E-state index contributed by atoms with van der Waals surface area (Å²) in [7, 11) is 1.63. The number of halogens is 1. The molecule has 0 spiro atoms. The lowest BCUT2D eigenvalue weighted by atomic mass is 10.1. The fraction of sp³-hybridized carbons (Fsp3) is 0.238. The number of oxazole rings is 1. The molecule has 1 unspecified atom stereocenters. The van der Waals surface area contributed by atoms with E-state index in [1.807, 2.05) is 55.5 Å². The molecular weight excluding hydrogens is 396 g/mol. The molecular formula is C21H21ClN2O3S. The first kappa shape index (κ1) is 20.3. The first-order valence-corrected chi connectivity index (χ1v) is 10.3. The van der Waals surface area contributed by atoms with Gasteiger partial charge in [-0.05, 0) is 48.9 Å². The summed E-state index contributed by atoms with van der Waals surface area (Å²) in [4.78, 5) is 16.6. The van der Waals surface area contributed by atoms with Gasteiger partial charge in [-0.1, -0.05) is 23.7 Å². The number of nitrogens with one attached hydrogen (secondary N) is 1.